The zero-order chi connectivity index (χ0) is 13.4. The molecule has 2 aromatic rings. The molecule has 0 aliphatic carbocycles. The molecule has 0 bridgehead atoms. The highest BCUT2D eigenvalue weighted by Gasteiger charge is 2.23. The van der Waals surface area contributed by atoms with E-state index in [4.69, 9.17) is 16.3 Å². The van der Waals surface area contributed by atoms with Crippen molar-refractivity contribution in [3.05, 3.63) is 34.7 Å². The number of halogens is 1. The molecule has 0 aromatic carbocycles. The van der Waals surface area contributed by atoms with Crippen LogP contribution in [-0.4, -0.2) is 46.5 Å². The van der Waals surface area contributed by atoms with E-state index in [1.807, 2.05) is 6.92 Å². The van der Waals surface area contributed by atoms with E-state index in [1.165, 1.54) is 0 Å². The number of carbonyl (C=O) groups excluding carboxylic acids is 1. The van der Waals surface area contributed by atoms with E-state index in [-0.39, 0.29) is 5.91 Å². The predicted octanol–water partition coefficient (Wildman–Crippen LogP) is 1.77. The van der Waals surface area contributed by atoms with Crippen LogP contribution in [0.3, 0.4) is 0 Å². The number of morpholine rings is 1. The number of aromatic nitrogens is 2. The Morgan fingerprint density at radius 3 is 2.89 bits per heavy atom. The van der Waals surface area contributed by atoms with E-state index < -0.39 is 0 Å². The maximum Gasteiger partial charge on any atom is 0.272 e. The smallest absolute Gasteiger partial charge is 0.272 e. The number of ether oxygens (including phenoxy) is 1. The fourth-order valence-electron chi connectivity index (χ4n) is 2.31. The highest BCUT2D eigenvalue weighted by Crippen LogP contribution is 2.18. The molecule has 0 radical (unpaired) electrons. The third-order valence-corrected chi connectivity index (χ3v) is 3.50. The van der Waals surface area contributed by atoms with Crippen LogP contribution in [0.1, 0.15) is 16.2 Å². The number of nitrogens with zero attached hydrogens (tertiary/aromatic N) is 3. The molecule has 1 amide bonds. The maximum absolute atomic E-state index is 12.6. The number of fused-ring (bicyclic) bond motifs is 1. The minimum atomic E-state index is -0.00405. The first-order valence-electron chi connectivity index (χ1n) is 6.18. The summed E-state index contributed by atoms with van der Waals surface area (Å²) in [7, 11) is 0. The molecular formula is C13H14ClN3O2. The molecule has 100 valence electrons. The van der Waals surface area contributed by atoms with Crippen LogP contribution in [0.25, 0.3) is 5.65 Å². The summed E-state index contributed by atoms with van der Waals surface area (Å²) in [5.74, 6) is -0.00405. The third kappa shape index (κ3) is 2.19. The number of carbonyl (C=O) groups is 1. The predicted molar refractivity (Wildman–Crippen MR) is 71.7 cm³/mol. The SMILES string of the molecule is Cc1nc2cc(Cl)ccn2c1C(=O)N1CCOCC1. The lowest BCUT2D eigenvalue weighted by atomic mass is 10.3. The monoisotopic (exact) mass is 279 g/mol. The van der Waals surface area contributed by atoms with Gasteiger partial charge in [0.2, 0.25) is 0 Å². The van der Waals surface area contributed by atoms with Crippen LogP contribution in [0.4, 0.5) is 0 Å². The van der Waals surface area contributed by atoms with Gasteiger partial charge in [0.1, 0.15) is 11.3 Å². The first-order valence-corrected chi connectivity index (χ1v) is 6.56. The molecule has 1 saturated heterocycles. The van der Waals surface area contributed by atoms with Crippen LogP contribution in [0, 0.1) is 6.92 Å². The van der Waals surface area contributed by atoms with E-state index in [9.17, 15) is 4.79 Å². The number of rotatable bonds is 1. The van der Waals surface area contributed by atoms with Crippen molar-refractivity contribution in [3.63, 3.8) is 0 Å². The fourth-order valence-corrected chi connectivity index (χ4v) is 2.47. The van der Waals surface area contributed by atoms with Gasteiger partial charge in [0.15, 0.2) is 0 Å². The summed E-state index contributed by atoms with van der Waals surface area (Å²) in [6.45, 7) is 4.27. The largest absolute Gasteiger partial charge is 0.378 e. The van der Waals surface area contributed by atoms with Gasteiger partial charge >= 0.3 is 0 Å². The van der Waals surface area contributed by atoms with Gasteiger partial charge in [-0.1, -0.05) is 11.6 Å². The Kier molecular flexibility index (Phi) is 3.16. The molecule has 0 spiro atoms. The second-order valence-electron chi connectivity index (χ2n) is 4.52. The Morgan fingerprint density at radius 1 is 1.42 bits per heavy atom. The number of aryl methyl sites for hydroxylation is 1. The minimum Gasteiger partial charge on any atom is -0.378 e. The van der Waals surface area contributed by atoms with Crippen LogP contribution in [0.15, 0.2) is 18.3 Å². The molecule has 0 atom stereocenters. The number of hydrogen-bond acceptors (Lipinski definition) is 3. The first-order chi connectivity index (χ1) is 9.16. The Labute approximate surface area is 115 Å². The highest BCUT2D eigenvalue weighted by atomic mass is 35.5. The first kappa shape index (κ1) is 12.4. The van der Waals surface area contributed by atoms with Gasteiger partial charge in [0.25, 0.3) is 5.91 Å². The maximum atomic E-state index is 12.6. The zero-order valence-electron chi connectivity index (χ0n) is 10.6. The number of pyridine rings is 1. The normalized spacial score (nSPS) is 16.0. The topological polar surface area (TPSA) is 46.8 Å². The standard InChI is InChI=1S/C13H14ClN3O2/c1-9-12(13(18)16-4-6-19-7-5-16)17-3-2-10(14)8-11(17)15-9/h2-3,8H,4-7H2,1H3. The van der Waals surface area contributed by atoms with Crippen LogP contribution < -0.4 is 0 Å². The van der Waals surface area contributed by atoms with Crippen LogP contribution in [0.5, 0.6) is 0 Å². The summed E-state index contributed by atoms with van der Waals surface area (Å²) in [6.07, 6.45) is 1.78. The van der Waals surface area contributed by atoms with E-state index in [1.54, 1.807) is 27.6 Å². The van der Waals surface area contributed by atoms with E-state index in [2.05, 4.69) is 4.98 Å². The molecule has 3 rings (SSSR count). The van der Waals surface area contributed by atoms with E-state index >= 15 is 0 Å². The summed E-state index contributed by atoms with van der Waals surface area (Å²) in [5.41, 5.74) is 2.02. The van der Waals surface area contributed by atoms with Gasteiger partial charge in [-0.05, 0) is 13.0 Å². The molecule has 2 aromatic heterocycles. The molecule has 0 N–H and O–H groups in total. The summed E-state index contributed by atoms with van der Waals surface area (Å²) in [5, 5.41) is 0.614. The number of hydrogen-bond donors (Lipinski definition) is 0. The third-order valence-electron chi connectivity index (χ3n) is 3.26. The Bertz CT molecular complexity index is 632. The van der Waals surface area contributed by atoms with Crippen LogP contribution in [-0.2, 0) is 4.74 Å². The van der Waals surface area contributed by atoms with Crippen molar-refractivity contribution in [1.82, 2.24) is 14.3 Å². The lowest BCUT2D eigenvalue weighted by Crippen LogP contribution is -2.41. The molecule has 0 saturated carbocycles. The quantitative estimate of drug-likeness (QED) is 0.799. The van der Waals surface area contributed by atoms with Crippen LogP contribution >= 0.6 is 11.6 Å². The highest BCUT2D eigenvalue weighted by molar-refractivity contribution is 6.30. The Hall–Kier alpha value is -1.59. The van der Waals surface area contributed by atoms with Crippen molar-refractivity contribution in [2.24, 2.45) is 0 Å². The van der Waals surface area contributed by atoms with Crippen molar-refractivity contribution in [1.29, 1.82) is 0 Å². The zero-order valence-corrected chi connectivity index (χ0v) is 11.4. The van der Waals surface area contributed by atoms with Gasteiger partial charge in [-0.2, -0.15) is 0 Å². The van der Waals surface area contributed by atoms with Crippen LogP contribution in [0.2, 0.25) is 5.02 Å². The van der Waals surface area contributed by atoms with Gasteiger partial charge in [-0.15, -0.1) is 0 Å². The molecule has 1 aliphatic rings. The number of amides is 1. The van der Waals surface area contributed by atoms with Gasteiger partial charge in [-0.25, -0.2) is 4.98 Å². The Morgan fingerprint density at radius 2 is 2.16 bits per heavy atom. The average Bonchev–Trinajstić information content (AvgIpc) is 2.74. The van der Waals surface area contributed by atoms with Gasteiger partial charge in [0, 0.05) is 30.4 Å². The lowest BCUT2D eigenvalue weighted by Gasteiger charge is -2.26. The Balaban J connectivity index is 2.03. The fraction of sp³-hybridized carbons (Fsp3) is 0.385. The molecule has 5 nitrogen and oxygen atoms in total. The van der Waals surface area contributed by atoms with Gasteiger partial charge < -0.3 is 9.64 Å². The molecule has 6 heteroatoms. The van der Waals surface area contributed by atoms with Crippen molar-refractivity contribution in [2.75, 3.05) is 26.3 Å². The summed E-state index contributed by atoms with van der Waals surface area (Å²) in [6, 6.07) is 3.51. The summed E-state index contributed by atoms with van der Waals surface area (Å²) < 4.78 is 7.06. The van der Waals surface area contributed by atoms with E-state index in [0.717, 1.165) is 5.69 Å². The minimum absolute atomic E-state index is 0.00405. The lowest BCUT2D eigenvalue weighted by molar-refractivity contribution is 0.0298. The molecule has 3 heterocycles. The van der Waals surface area contributed by atoms with Gasteiger partial charge in [-0.3, -0.25) is 9.20 Å². The van der Waals surface area contributed by atoms with Crippen molar-refractivity contribution in [3.8, 4) is 0 Å². The summed E-state index contributed by atoms with van der Waals surface area (Å²) in [4.78, 5) is 18.7. The van der Waals surface area contributed by atoms with Crippen molar-refractivity contribution < 1.29 is 9.53 Å². The van der Waals surface area contributed by atoms with Crippen molar-refractivity contribution in [2.45, 2.75) is 6.92 Å². The van der Waals surface area contributed by atoms with E-state index in [0.29, 0.717) is 42.7 Å². The molecule has 0 unspecified atom stereocenters. The van der Waals surface area contributed by atoms with Gasteiger partial charge in [0.05, 0.1) is 18.9 Å². The molecule has 1 fully saturated rings. The molecular weight excluding hydrogens is 266 g/mol. The number of imidazole rings is 1. The van der Waals surface area contributed by atoms with Crippen molar-refractivity contribution >= 4 is 23.2 Å². The second-order valence-corrected chi connectivity index (χ2v) is 4.96. The summed E-state index contributed by atoms with van der Waals surface area (Å²) >= 11 is 5.94. The molecule has 1 aliphatic heterocycles. The average molecular weight is 280 g/mol. The molecule has 19 heavy (non-hydrogen) atoms. The second kappa shape index (κ2) is 4.83.